The number of benzene rings is 4. The first-order valence-electron chi connectivity index (χ1n) is 12.1. The normalized spacial score (nSPS) is 11.8. The van der Waals surface area contributed by atoms with Gasteiger partial charge in [-0.05, 0) is 53.4 Å². The van der Waals surface area contributed by atoms with E-state index in [1.807, 2.05) is 36.9 Å². The fourth-order valence-electron chi connectivity index (χ4n) is 4.85. The minimum atomic E-state index is 0.960. The number of nitrogens with zero attached hydrogens (tertiary/aromatic N) is 3. The molecule has 2 aromatic heterocycles. The van der Waals surface area contributed by atoms with Crippen molar-refractivity contribution in [1.29, 1.82) is 0 Å². The molecule has 3 heteroatoms. The van der Waals surface area contributed by atoms with Crippen molar-refractivity contribution in [2.24, 2.45) is 4.99 Å². The second-order valence-corrected chi connectivity index (χ2v) is 9.06. The highest BCUT2D eigenvalue weighted by molar-refractivity contribution is 6.10. The van der Waals surface area contributed by atoms with Crippen LogP contribution >= 0.6 is 0 Å². The largest absolute Gasteiger partial charge is 0.263 e. The Morgan fingerprint density at radius 1 is 0.611 bits per heavy atom. The summed E-state index contributed by atoms with van der Waals surface area (Å²) in [6.07, 6.45) is 7.75. The highest BCUT2D eigenvalue weighted by atomic mass is 14.7. The van der Waals surface area contributed by atoms with Crippen LogP contribution in [0.1, 0.15) is 18.1 Å². The van der Waals surface area contributed by atoms with Crippen molar-refractivity contribution in [2.75, 3.05) is 0 Å². The SMILES string of the molecule is CC(=Nc1ccccc1C)c1cc(-c2cncc3ccccc23)ccc1-c1cncc2ccccc12. The van der Waals surface area contributed by atoms with Gasteiger partial charge in [0.2, 0.25) is 0 Å². The number of para-hydroxylation sites is 1. The Hall–Kier alpha value is -4.63. The van der Waals surface area contributed by atoms with E-state index in [1.54, 1.807) is 0 Å². The van der Waals surface area contributed by atoms with Gasteiger partial charge in [0.1, 0.15) is 0 Å². The standard InChI is InChI=1S/C33H25N3/c1-22-9-3-8-14-33(22)36-23(2)30-17-24(31-20-34-18-25-10-4-6-12-27(25)31)15-16-29(30)32-21-35-19-26-11-5-7-13-28(26)32/h3-21H,1-2H3. The predicted molar refractivity (Wildman–Crippen MR) is 151 cm³/mol. The lowest BCUT2D eigenvalue weighted by Crippen LogP contribution is -2.00. The second-order valence-electron chi connectivity index (χ2n) is 9.06. The Labute approximate surface area is 210 Å². The maximum absolute atomic E-state index is 5.07. The van der Waals surface area contributed by atoms with Crippen LogP contribution in [0.2, 0.25) is 0 Å². The van der Waals surface area contributed by atoms with Crippen molar-refractivity contribution in [1.82, 2.24) is 9.97 Å². The zero-order valence-electron chi connectivity index (χ0n) is 20.3. The third kappa shape index (κ3) is 3.95. The van der Waals surface area contributed by atoms with Crippen LogP contribution in [0.4, 0.5) is 5.69 Å². The Kier molecular flexibility index (Phi) is 5.59. The van der Waals surface area contributed by atoms with Gasteiger partial charge >= 0.3 is 0 Å². The van der Waals surface area contributed by atoms with Crippen LogP contribution in [-0.4, -0.2) is 15.7 Å². The van der Waals surface area contributed by atoms with Crippen LogP contribution in [0.25, 0.3) is 43.8 Å². The third-order valence-corrected chi connectivity index (χ3v) is 6.75. The van der Waals surface area contributed by atoms with Crippen molar-refractivity contribution < 1.29 is 0 Å². The summed E-state index contributed by atoms with van der Waals surface area (Å²) in [6, 6.07) is 31.7. The summed E-state index contributed by atoms with van der Waals surface area (Å²) in [7, 11) is 0. The van der Waals surface area contributed by atoms with E-state index >= 15 is 0 Å². The molecule has 6 aromatic rings. The topological polar surface area (TPSA) is 38.1 Å². The molecule has 0 aliphatic carbocycles. The molecule has 0 saturated carbocycles. The van der Waals surface area contributed by atoms with Crippen molar-refractivity contribution in [2.45, 2.75) is 13.8 Å². The number of aryl methyl sites for hydroxylation is 1. The van der Waals surface area contributed by atoms with Crippen LogP contribution in [0, 0.1) is 6.92 Å². The van der Waals surface area contributed by atoms with Crippen molar-refractivity contribution in [3.05, 3.63) is 127 Å². The van der Waals surface area contributed by atoms with E-state index in [0.717, 1.165) is 55.6 Å². The van der Waals surface area contributed by atoms with Crippen molar-refractivity contribution in [3.63, 3.8) is 0 Å². The van der Waals surface area contributed by atoms with E-state index < -0.39 is 0 Å². The second kappa shape index (κ2) is 9.20. The van der Waals surface area contributed by atoms with Gasteiger partial charge in [-0.1, -0.05) is 78.9 Å². The molecule has 0 amide bonds. The van der Waals surface area contributed by atoms with Gasteiger partial charge in [-0.25, -0.2) is 0 Å². The smallest absolute Gasteiger partial charge is 0.0662 e. The zero-order valence-corrected chi connectivity index (χ0v) is 20.3. The molecule has 2 heterocycles. The van der Waals surface area contributed by atoms with E-state index in [-0.39, 0.29) is 0 Å². The maximum Gasteiger partial charge on any atom is 0.0662 e. The Balaban J connectivity index is 1.61. The summed E-state index contributed by atoms with van der Waals surface area (Å²) >= 11 is 0. The molecular formula is C33H25N3. The zero-order chi connectivity index (χ0) is 24.5. The van der Waals surface area contributed by atoms with Gasteiger partial charge in [0, 0.05) is 58.0 Å². The highest BCUT2D eigenvalue weighted by Crippen LogP contribution is 2.36. The molecule has 0 atom stereocenters. The van der Waals surface area contributed by atoms with E-state index in [2.05, 4.69) is 103 Å². The number of rotatable bonds is 4. The number of aliphatic imine (C=N–C) groups is 1. The number of fused-ring (bicyclic) bond motifs is 2. The molecule has 0 aliphatic heterocycles. The van der Waals surface area contributed by atoms with E-state index in [0.29, 0.717) is 0 Å². The summed E-state index contributed by atoms with van der Waals surface area (Å²) in [5.74, 6) is 0. The van der Waals surface area contributed by atoms with Gasteiger partial charge in [0.25, 0.3) is 0 Å². The van der Waals surface area contributed by atoms with Gasteiger partial charge < -0.3 is 0 Å². The number of hydrogen-bond acceptors (Lipinski definition) is 3. The summed E-state index contributed by atoms with van der Waals surface area (Å²) in [5.41, 5.74) is 8.63. The minimum absolute atomic E-state index is 0.960. The van der Waals surface area contributed by atoms with Gasteiger partial charge in [0.05, 0.1) is 5.69 Å². The van der Waals surface area contributed by atoms with E-state index in [9.17, 15) is 0 Å². The highest BCUT2D eigenvalue weighted by Gasteiger charge is 2.15. The molecule has 36 heavy (non-hydrogen) atoms. The molecule has 6 rings (SSSR count). The average molecular weight is 464 g/mol. The Bertz CT molecular complexity index is 1750. The number of hydrogen-bond donors (Lipinski definition) is 0. The molecule has 0 bridgehead atoms. The molecule has 0 fully saturated rings. The molecule has 0 saturated heterocycles. The Morgan fingerprint density at radius 2 is 1.22 bits per heavy atom. The van der Waals surface area contributed by atoms with E-state index in [4.69, 9.17) is 4.99 Å². The summed E-state index contributed by atoms with van der Waals surface area (Å²) in [4.78, 5) is 14.2. The lowest BCUT2D eigenvalue weighted by atomic mass is 9.90. The van der Waals surface area contributed by atoms with Crippen molar-refractivity contribution >= 4 is 32.9 Å². The van der Waals surface area contributed by atoms with Gasteiger partial charge in [-0.15, -0.1) is 0 Å². The quantitative estimate of drug-likeness (QED) is 0.246. The summed E-state index contributed by atoms with van der Waals surface area (Å²) in [6.45, 7) is 4.19. The molecule has 0 spiro atoms. The molecule has 172 valence electrons. The van der Waals surface area contributed by atoms with Crippen LogP contribution in [0.15, 0.2) is 121 Å². The van der Waals surface area contributed by atoms with Crippen LogP contribution in [0.5, 0.6) is 0 Å². The number of pyridine rings is 2. The summed E-state index contributed by atoms with van der Waals surface area (Å²) < 4.78 is 0. The van der Waals surface area contributed by atoms with Crippen LogP contribution in [-0.2, 0) is 0 Å². The summed E-state index contributed by atoms with van der Waals surface area (Å²) in [5, 5.41) is 4.62. The van der Waals surface area contributed by atoms with Gasteiger partial charge in [-0.2, -0.15) is 0 Å². The molecule has 0 unspecified atom stereocenters. The molecule has 0 N–H and O–H groups in total. The molecular weight excluding hydrogens is 438 g/mol. The minimum Gasteiger partial charge on any atom is -0.263 e. The lowest BCUT2D eigenvalue weighted by molar-refractivity contribution is 1.35. The average Bonchev–Trinajstić information content (AvgIpc) is 2.93. The van der Waals surface area contributed by atoms with Gasteiger partial charge in [-0.3, -0.25) is 15.0 Å². The monoisotopic (exact) mass is 463 g/mol. The third-order valence-electron chi connectivity index (χ3n) is 6.75. The van der Waals surface area contributed by atoms with Crippen molar-refractivity contribution in [3.8, 4) is 22.3 Å². The molecule has 3 nitrogen and oxygen atoms in total. The van der Waals surface area contributed by atoms with Crippen LogP contribution in [0.3, 0.4) is 0 Å². The molecule has 0 radical (unpaired) electrons. The number of aromatic nitrogens is 2. The first-order chi connectivity index (χ1) is 17.7. The van der Waals surface area contributed by atoms with E-state index in [1.165, 1.54) is 10.8 Å². The van der Waals surface area contributed by atoms with Gasteiger partial charge in [0.15, 0.2) is 0 Å². The first kappa shape index (κ1) is 21.9. The Morgan fingerprint density at radius 3 is 1.94 bits per heavy atom. The maximum atomic E-state index is 5.07. The predicted octanol–water partition coefficient (Wildman–Crippen LogP) is 8.57. The molecule has 0 aliphatic rings. The van der Waals surface area contributed by atoms with Crippen LogP contribution < -0.4 is 0 Å². The molecule has 4 aromatic carbocycles. The lowest BCUT2D eigenvalue weighted by Gasteiger charge is -2.15. The fourth-order valence-corrected chi connectivity index (χ4v) is 4.85. The first-order valence-corrected chi connectivity index (χ1v) is 12.1. The fraction of sp³-hybridized carbons (Fsp3) is 0.0606.